The summed E-state index contributed by atoms with van der Waals surface area (Å²) in [5, 5.41) is 7.45. The molecule has 114 valence electrons. The second-order valence-corrected chi connectivity index (χ2v) is 5.51. The molecule has 0 aliphatic heterocycles. The molecule has 0 atom stereocenters. The Morgan fingerprint density at radius 3 is 2.67 bits per heavy atom. The Morgan fingerprint density at radius 2 is 2.05 bits per heavy atom. The van der Waals surface area contributed by atoms with Crippen molar-refractivity contribution < 1.29 is 4.42 Å². The first kappa shape index (κ1) is 15.3. The van der Waals surface area contributed by atoms with Crippen LogP contribution in [0.15, 0.2) is 33.6 Å². The molecule has 6 heteroatoms. The molecule has 0 fully saturated rings. The van der Waals surface area contributed by atoms with Crippen molar-refractivity contribution in [2.45, 2.75) is 33.0 Å². The maximum absolute atomic E-state index is 12.0. The van der Waals surface area contributed by atoms with E-state index in [9.17, 15) is 4.79 Å². The zero-order valence-corrected chi connectivity index (χ0v) is 13.0. The van der Waals surface area contributed by atoms with Crippen molar-refractivity contribution >= 4 is 5.69 Å². The molecule has 0 saturated carbocycles. The highest BCUT2D eigenvalue weighted by atomic mass is 16.3. The Hall–Kier alpha value is -2.08. The van der Waals surface area contributed by atoms with Crippen LogP contribution < -0.4 is 15.8 Å². The molecule has 0 aromatic carbocycles. The topological polar surface area (TPSA) is 63.3 Å². The van der Waals surface area contributed by atoms with Gasteiger partial charge < -0.3 is 14.6 Å². The van der Waals surface area contributed by atoms with E-state index in [0.29, 0.717) is 19.1 Å². The van der Waals surface area contributed by atoms with E-state index in [-0.39, 0.29) is 5.56 Å². The number of hydrogen-bond acceptors (Lipinski definition) is 5. The van der Waals surface area contributed by atoms with Crippen LogP contribution in [0.4, 0.5) is 5.69 Å². The van der Waals surface area contributed by atoms with Crippen LogP contribution in [-0.4, -0.2) is 29.9 Å². The maximum atomic E-state index is 12.0. The summed E-state index contributed by atoms with van der Waals surface area (Å²) in [7, 11) is 3.75. The van der Waals surface area contributed by atoms with Gasteiger partial charge in [0.1, 0.15) is 18.1 Å². The lowest BCUT2D eigenvalue weighted by molar-refractivity contribution is 0.417. The SMILES string of the molecule is CC(C)NCc1ccc(Cn2ncc(N(C)C)cc2=O)o1. The highest BCUT2D eigenvalue weighted by Crippen LogP contribution is 2.09. The van der Waals surface area contributed by atoms with Gasteiger partial charge in [-0.15, -0.1) is 0 Å². The van der Waals surface area contributed by atoms with Gasteiger partial charge in [-0.3, -0.25) is 4.79 Å². The minimum atomic E-state index is -0.139. The molecule has 2 aromatic rings. The van der Waals surface area contributed by atoms with Gasteiger partial charge in [-0.05, 0) is 12.1 Å². The second-order valence-electron chi connectivity index (χ2n) is 5.51. The Balaban J connectivity index is 2.06. The molecule has 0 spiro atoms. The highest BCUT2D eigenvalue weighted by molar-refractivity contribution is 5.40. The fourth-order valence-corrected chi connectivity index (χ4v) is 1.84. The summed E-state index contributed by atoms with van der Waals surface area (Å²) in [5.41, 5.74) is 0.650. The molecule has 0 saturated heterocycles. The molecule has 2 heterocycles. The van der Waals surface area contributed by atoms with E-state index in [1.807, 2.05) is 31.1 Å². The fourth-order valence-electron chi connectivity index (χ4n) is 1.84. The molecule has 2 rings (SSSR count). The number of rotatable bonds is 6. The average molecular weight is 290 g/mol. The first-order chi connectivity index (χ1) is 9.95. The van der Waals surface area contributed by atoms with Crippen LogP contribution in [0, 0.1) is 0 Å². The quantitative estimate of drug-likeness (QED) is 0.872. The van der Waals surface area contributed by atoms with Gasteiger partial charge in [0.2, 0.25) is 0 Å². The first-order valence-corrected chi connectivity index (χ1v) is 7.01. The van der Waals surface area contributed by atoms with Gasteiger partial charge in [0.25, 0.3) is 5.56 Å². The molecule has 1 N–H and O–H groups in total. The van der Waals surface area contributed by atoms with Crippen molar-refractivity contribution in [3.05, 3.63) is 46.3 Å². The van der Waals surface area contributed by atoms with E-state index in [0.717, 1.165) is 17.2 Å². The van der Waals surface area contributed by atoms with E-state index in [4.69, 9.17) is 4.42 Å². The molecule has 2 aromatic heterocycles. The van der Waals surface area contributed by atoms with Crippen LogP contribution in [-0.2, 0) is 13.1 Å². The van der Waals surface area contributed by atoms with Crippen molar-refractivity contribution in [1.82, 2.24) is 15.1 Å². The third kappa shape index (κ3) is 4.19. The minimum absolute atomic E-state index is 0.139. The molecule has 0 bridgehead atoms. The number of nitrogens with one attached hydrogen (secondary N) is 1. The normalized spacial score (nSPS) is 11.1. The number of anilines is 1. The molecule has 21 heavy (non-hydrogen) atoms. The standard InChI is InChI=1S/C15H22N4O2/c1-11(2)16-9-13-5-6-14(21-13)10-19-15(20)7-12(8-17-19)18(3)4/h5-8,11,16H,9-10H2,1-4H3. The van der Waals surface area contributed by atoms with Gasteiger partial charge >= 0.3 is 0 Å². The van der Waals surface area contributed by atoms with Gasteiger partial charge in [-0.1, -0.05) is 13.8 Å². The van der Waals surface area contributed by atoms with Crippen LogP contribution >= 0.6 is 0 Å². The third-order valence-electron chi connectivity index (χ3n) is 3.08. The summed E-state index contributed by atoms with van der Waals surface area (Å²) in [5.74, 6) is 1.58. The van der Waals surface area contributed by atoms with Crippen molar-refractivity contribution in [2.24, 2.45) is 0 Å². The number of hydrogen-bond donors (Lipinski definition) is 1. The molecule has 0 radical (unpaired) electrons. The van der Waals surface area contributed by atoms with Crippen molar-refractivity contribution in [3.8, 4) is 0 Å². The van der Waals surface area contributed by atoms with Gasteiger partial charge in [0.05, 0.1) is 18.4 Å². The summed E-state index contributed by atoms with van der Waals surface area (Å²) >= 11 is 0. The fraction of sp³-hybridized carbons (Fsp3) is 0.467. The van der Waals surface area contributed by atoms with Crippen molar-refractivity contribution in [1.29, 1.82) is 0 Å². The van der Waals surface area contributed by atoms with E-state index >= 15 is 0 Å². The van der Waals surface area contributed by atoms with E-state index < -0.39 is 0 Å². The van der Waals surface area contributed by atoms with Gasteiger partial charge in [0.15, 0.2) is 0 Å². The summed E-state index contributed by atoms with van der Waals surface area (Å²) in [6.45, 7) is 5.19. The van der Waals surface area contributed by atoms with E-state index in [1.54, 1.807) is 12.3 Å². The molecule has 0 aliphatic rings. The van der Waals surface area contributed by atoms with Gasteiger partial charge in [-0.2, -0.15) is 5.10 Å². The summed E-state index contributed by atoms with van der Waals surface area (Å²) < 4.78 is 7.09. The Bertz CT molecular complexity index is 643. The van der Waals surface area contributed by atoms with Crippen molar-refractivity contribution in [3.63, 3.8) is 0 Å². The van der Waals surface area contributed by atoms with E-state index in [1.165, 1.54) is 4.68 Å². The largest absolute Gasteiger partial charge is 0.463 e. The Morgan fingerprint density at radius 1 is 1.33 bits per heavy atom. The lowest BCUT2D eigenvalue weighted by atomic mass is 10.3. The zero-order valence-electron chi connectivity index (χ0n) is 13.0. The number of furan rings is 1. The molecule has 0 amide bonds. The van der Waals surface area contributed by atoms with Crippen LogP contribution in [0.25, 0.3) is 0 Å². The number of aromatic nitrogens is 2. The molecular weight excluding hydrogens is 268 g/mol. The summed E-state index contributed by atoms with van der Waals surface area (Å²) in [6.07, 6.45) is 1.67. The average Bonchev–Trinajstić information content (AvgIpc) is 2.86. The smallest absolute Gasteiger partial charge is 0.269 e. The van der Waals surface area contributed by atoms with Gasteiger partial charge in [0, 0.05) is 26.2 Å². The molecule has 0 unspecified atom stereocenters. The van der Waals surface area contributed by atoms with Crippen LogP contribution in [0.5, 0.6) is 0 Å². The van der Waals surface area contributed by atoms with Gasteiger partial charge in [-0.25, -0.2) is 4.68 Å². The lowest BCUT2D eigenvalue weighted by Gasteiger charge is -2.11. The number of nitrogens with zero attached hydrogens (tertiary/aromatic N) is 3. The summed E-state index contributed by atoms with van der Waals surface area (Å²) in [6, 6.07) is 5.77. The zero-order chi connectivity index (χ0) is 15.4. The Labute approximate surface area is 124 Å². The molecule has 0 aliphatic carbocycles. The van der Waals surface area contributed by atoms with Crippen molar-refractivity contribution in [2.75, 3.05) is 19.0 Å². The molecule has 6 nitrogen and oxygen atoms in total. The highest BCUT2D eigenvalue weighted by Gasteiger charge is 2.07. The van der Waals surface area contributed by atoms with E-state index in [2.05, 4.69) is 24.3 Å². The lowest BCUT2D eigenvalue weighted by Crippen LogP contribution is -2.24. The second kappa shape index (κ2) is 6.58. The van der Waals surface area contributed by atoms with Crippen LogP contribution in [0.1, 0.15) is 25.4 Å². The third-order valence-corrected chi connectivity index (χ3v) is 3.08. The maximum Gasteiger partial charge on any atom is 0.269 e. The van der Waals surface area contributed by atoms with Crippen LogP contribution in [0.3, 0.4) is 0 Å². The molecular formula is C15H22N4O2. The first-order valence-electron chi connectivity index (χ1n) is 7.01. The van der Waals surface area contributed by atoms with Crippen LogP contribution in [0.2, 0.25) is 0 Å². The predicted octanol–water partition coefficient (Wildman–Crippen LogP) is 1.45. The monoisotopic (exact) mass is 290 g/mol. The summed E-state index contributed by atoms with van der Waals surface area (Å²) in [4.78, 5) is 13.8. The predicted molar refractivity (Wildman–Crippen MR) is 82.6 cm³/mol. The minimum Gasteiger partial charge on any atom is -0.463 e. The Kier molecular flexibility index (Phi) is 4.80.